The van der Waals surface area contributed by atoms with E-state index in [1.54, 1.807) is 6.92 Å². The summed E-state index contributed by atoms with van der Waals surface area (Å²) in [5.41, 5.74) is 5.30. The number of carbonyl (C=O) groups is 2. The van der Waals surface area contributed by atoms with Crippen LogP contribution >= 0.6 is 11.8 Å². The van der Waals surface area contributed by atoms with Crippen molar-refractivity contribution in [2.24, 2.45) is 0 Å². The van der Waals surface area contributed by atoms with Crippen LogP contribution in [0.5, 0.6) is 0 Å². The van der Waals surface area contributed by atoms with Crippen molar-refractivity contribution in [1.29, 1.82) is 0 Å². The monoisotopic (exact) mass is 408 g/mol. The Hall–Kier alpha value is -2.73. The Bertz CT molecular complexity index is 913. The summed E-state index contributed by atoms with van der Waals surface area (Å²) in [6, 6.07) is 17.1. The van der Waals surface area contributed by atoms with Crippen LogP contribution in [0, 0.1) is 0 Å². The molecule has 29 heavy (non-hydrogen) atoms. The number of likely N-dealkylation sites (tertiary alicyclic amines) is 1. The second-order valence-electron chi connectivity index (χ2n) is 7.03. The van der Waals surface area contributed by atoms with Crippen LogP contribution in [0.3, 0.4) is 0 Å². The molecule has 5 nitrogen and oxygen atoms in total. The van der Waals surface area contributed by atoms with E-state index in [4.69, 9.17) is 4.74 Å². The summed E-state index contributed by atoms with van der Waals surface area (Å²) in [7, 11) is 0. The third-order valence-corrected chi connectivity index (χ3v) is 6.42. The van der Waals surface area contributed by atoms with Gasteiger partial charge >= 0.3 is 6.09 Å². The SMILES string of the molecule is CCOC(=O)NCC(=O)N1CCC(=C2c3ccccc3Sc3ccccc32)CC1. The Balaban J connectivity index is 1.52. The predicted octanol–water partition coefficient (Wildman–Crippen LogP) is 4.32. The van der Waals surface area contributed by atoms with E-state index >= 15 is 0 Å². The number of piperidine rings is 1. The molecule has 1 N–H and O–H groups in total. The highest BCUT2D eigenvalue weighted by molar-refractivity contribution is 7.99. The molecule has 0 unspecified atom stereocenters. The van der Waals surface area contributed by atoms with E-state index in [-0.39, 0.29) is 12.5 Å². The van der Waals surface area contributed by atoms with Gasteiger partial charge in [-0.2, -0.15) is 0 Å². The Labute approximate surface area is 175 Å². The Morgan fingerprint density at radius 2 is 1.59 bits per heavy atom. The molecule has 2 heterocycles. The number of rotatable bonds is 3. The van der Waals surface area contributed by atoms with Crippen LogP contribution in [-0.4, -0.2) is 43.1 Å². The van der Waals surface area contributed by atoms with E-state index in [1.807, 2.05) is 16.7 Å². The van der Waals surface area contributed by atoms with Crippen LogP contribution < -0.4 is 5.32 Å². The lowest BCUT2D eigenvalue weighted by Crippen LogP contribution is -2.43. The summed E-state index contributed by atoms with van der Waals surface area (Å²) >= 11 is 1.82. The summed E-state index contributed by atoms with van der Waals surface area (Å²) in [5.74, 6) is -0.0675. The fraction of sp³-hybridized carbons (Fsp3) is 0.304. The number of hydrogen-bond acceptors (Lipinski definition) is 4. The number of ether oxygens (including phenoxy) is 1. The molecule has 0 spiro atoms. The minimum atomic E-state index is -0.548. The first-order chi connectivity index (χ1) is 14.2. The molecule has 4 rings (SSSR count). The van der Waals surface area contributed by atoms with Crippen LogP contribution in [0.4, 0.5) is 4.79 Å². The molecule has 0 radical (unpaired) electrons. The number of hydrogen-bond donors (Lipinski definition) is 1. The fourth-order valence-electron chi connectivity index (χ4n) is 3.89. The van der Waals surface area contributed by atoms with Gasteiger partial charge in [0.25, 0.3) is 0 Å². The number of alkyl carbamates (subject to hydrolysis) is 1. The maximum Gasteiger partial charge on any atom is 0.407 e. The number of nitrogens with zero attached hydrogens (tertiary/aromatic N) is 1. The maximum absolute atomic E-state index is 12.4. The smallest absolute Gasteiger partial charge is 0.407 e. The van der Waals surface area contributed by atoms with Gasteiger partial charge in [0, 0.05) is 22.9 Å². The van der Waals surface area contributed by atoms with Gasteiger partial charge in [0.15, 0.2) is 0 Å². The van der Waals surface area contributed by atoms with Crippen molar-refractivity contribution in [2.75, 3.05) is 26.2 Å². The molecule has 2 aromatic rings. The summed E-state index contributed by atoms with van der Waals surface area (Å²) in [6.07, 6.45) is 1.13. The van der Waals surface area contributed by atoms with Gasteiger partial charge in [0.1, 0.15) is 6.54 Å². The van der Waals surface area contributed by atoms with Crippen LogP contribution in [0.15, 0.2) is 63.9 Å². The Morgan fingerprint density at radius 1 is 1.00 bits per heavy atom. The van der Waals surface area contributed by atoms with Gasteiger partial charge in [-0.05, 0) is 48.6 Å². The summed E-state index contributed by atoms with van der Waals surface area (Å²) in [5, 5.41) is 2.51. The fourth-order valence-corrected chi connectivity index (χ4v) is 4.98. The molecule has 150 valence electrons. The highest BCUT2D eigenvalue weighted by Crippen LogP contribution is 2.47. The average Bonchev–Trinajstić information content (AvgIpc) is 2.76. The Morgan fingerprint density at radius 3 is 2.17 bits per heavy atom. The van der Waals surface area contributed by atoms with Crippen LogP contribution in [-0.2, 0) is 9.53 Å². The zero-order chi connectivity index (χ0) is 20.2. The van der Waals surface area contributed by atoms with E-state index < -0.39 is 6.09 Å². The molecule has 0 aliphatic carbocycles. The first-order valence-corrected chi connectivity index (χ1v) is 10.8. The topological polar surface area (TPSA) is 58.6 Å². The molecular weight excluding hydrogens is 384 g/mol. The molecule has 1 fully saturated rings. The zero-order valence-corrected chi connectivity index (χ0v) is 17.3. The molecule has 0 aromatic heterocycles. The highest BCUT2D eigenvalue weighted by atomic mass is 32.2. The van der Waals surface area contributed by atoms with Gasteiger partial charge in [-0.25, -0.2) is 4.79 Å². The third kappa shape index (κ3) is 4.17. The summed E-state index contributed by atoms with van der Waals surface area (Å²) in [4.78, 5) is 28.2. The lowest BCUT2D eigenvalue weighted by Gasteiger charge is -2.32. The van der Waals surface area contributed by atoms with Gasteiger partial charge in [0.05, 0.1) is 6.61 Å². The van der Waals surface area contributed by atoms with Gasteiger partial charge < -0.3 is 15.0 Å². The number of fused-ring (bicyclic) bond motifs is 2. The van der Waals surface area contributed by atoms with Crippen molar-refractivity contribution >= 4 is 29.3 Å². The van der Waals surface area contributed by atoms with E-state index in [9.17, 15) is 9.59 Å². The van der Waals surface area contributed by atoms with Crippen molar-refractivity contribution in [1.82, 2.24) is 10.2 Å². The van der Waals surface area contributed by atoms with E-state index in [0.29, 0.717) is 19.7 Å². The van der Waals surface area contributed by atoms with Crippen molar-refractivity contribution in [2.45, 2.75) is 29.6 Å². The quantitative estimate of drug-likeness (QED) is 0.701. The number of amides is 2. The minimum absolute atomic E-state index is 0.0208. The first-order valence-electron chi connectivity index (χ1n) is 9.94. The highest BCUT2D eigenvalue weighted by Gasteiger charge is 2.26. The summed E-state index contributed by atoms with van der Waals surface area (Å²) < 4.78 is 4.81. The number of benzene rings is 2. The molecule has 2 amide bonds. The van der Waals surface area contributed by atoms with Gasteiger partial charge in [-0.15, -0.1) is 0 Å². The van der Waals surface area contributed by atoms with Crippen LogP contribution in [0.25, 0.3) is 5.57 Å². The maximum atomic E-state index is 12.4. The molecule has 6 heteroatoms. The normalized spacial score (nSPS) is 15.4. The lowest BCUT2D eigenvalue weighted by atomic mass is 9.88. The third-order valence-electron chi connectivity index (χ3n) is 5.27. The number of carbonyl (C=O) groups excluding carboxylic acids is 2. The van der Waals surface area contributed by atoms with Gasteiger partial charge in [-0.1, -0.05) is 53.7 Å². The summed E-state index contributed by atoms with van der Waals surface area (Å²) in [6.45, 7) is 3.34. The average molecular weight is 409 g/mol. The minimum Gasteiger partial charge on any atom is -0.450 e. The van der Waals surface area contributed by atoms with Gasteiger partial charge in [-0.3, -0.25) is 4.79 Å². The van der Waals surface area contributed by atoms with Gasteiger partial charge in [0.2, 0.25) is 5.91 Å². The molecule has 0 saturated carbocycles. The van der Waals surface area contributed by atoms with Crippen molar-refractivity contribution in [3.05, 3.63) is 65.2 Å². The molecular formula is C23H24N2O3S. The predicted molar refractivity (Wildman–Crippen MR) is 114 cm³/mol. The Kier molecular flexibility index (Phi) is 5.90. The molecule has 2 aliphatic rings. The van der Waals surface area contributed by atoms with E-state index in [2.05, 4.69) is 53.8 Å². The second kappa shape index (κ2) is 8.74. The van der Waals surface area contributed by atoms with Crippen molar-refractivity contribution < 1.29 is 14.3 Å². The van der Waals surface area contributed by atoms with Crippen LogP contribution in [0.1, 0.15) is 30.9 Å². The molecule has 1 saturated heterocycles. The first kappa shape index (κ1) is 19.6. The number of nitrogens with one attached hydrogen (secondary N) is 1. The van der Waals surface area contributed by atoms with Crippen molar-refractivity contribution in [3.8, 4) is 0 Å². The van der Waals surface area contributed by atoms with E-state index in [0.717, 1.165) is 12.8 Å². The standard InChI is InChI=1S/C23H24N2O3S/c1-2-28-23(27)24-15-21(26)25-13-11-16(12-14-25)22-17-7-3-5-9-19(17)29-20-10-6-4-8-18(20)22/h3-10H,2,11-15H2,1H3,(H,24,27). The lowest BCUT2D eigenvalue weighted by molar-refractivity contribution is -0.130. The zero-order valence-electron chi connectivity index (χ0n) is 16.4. The second-order valence-corrected chi connectivity index (χ2v) is 8.11. The largest absolute Gasteiger partial charge is 0.450 e. The molecule has 0 atom stereocenters. The molecule has 2 aromatic carbocycles. The van der Waals surface area contributed by atoms with Crippen molar-refractivity contribution in [3.63, 3.8) is 0 Å². The molecule has 0 bridgehead atoms. The van der Waals surface area contributed by atoms with Crippen LogP contribution in [0.2, 0.25) is 0 Å². The molecule has 2 aliphatic heterocycles. The van der Waals surface area contributed by atoms with E-state index in [1.165, 1.54) is 32.1 Å².